The highest BCUT2D eigenvalue weighted by molar-refractivity contribution is 5.86. The topological polar surface area (TPSA) is 44.1 Å². The molecule has 0 unspecified atom stereocenters. The number of carbonyl (C=O) groups excluding carboxylic acids is 1. The number of hydrogen-bond donors (Lipinski definition) is 0. The van der Waals surface area contributed by atoms with Gasteiger partial charge in [-0.15, -0.1) is 0 Å². The van der Waals surface area contributed by atoms with E-state index in [9.17, 15) is 4.79 Å². The third kappa shape index (κ3) is 1.95. The zero-order valence-corrected chi connectivity index (χ0v) is 7.02. The number of ether oxygens (including phenoxy) is 1. The van der Waals surface area contributed by atoms with Crippen molar-refractivity contribution in [1.82, 2.24) is 9.55 Å². The SMILES string of the molecule is COC(=O)C=Cc1cncn1C. The molecular formula is C8H10N2O2. The monoisotopic (exact) mass is 166 g/mol. The molecule has 1 rings (SSSR count). The van der Waals surface area contributed by atoms with Gasteiger partial charge in [-0.25, -0.2) is 9.78 Å². The van der Waals surface area contributed by atoms with Gasteiger partial charge in [-0.2, -0.15) is 0 Å². The normalized spacial score (nSPS) is 10.5. The molecule has 12 heavy (non-hydrogen) atoms. The largest absolute Gasteiger partial charge is 0.466 e. The molecule has 0 radical (unpaired) electrons. The van der Waals surface area contributed by atoms with Crippen LogP contribution in [0.15, 0.2) is 18.6 Å². The van der Waals surface area contributed by atoms with E-state index in [2.05, 4.69) is 9.72 Å². The first kappa shape index (κ1) is 8.52. The van der Waals surface area contributed by atoms with Crippen LogP contribution in [0.3, 0.4) is 0 Å². The Morgan fingerprint density at radius 1 is 1.75 bits per heavy atom. The molecule has 1 aromatic rings. The smallest absolute Gasteiger partial charge is 0.330 e. The fraction of sp³-hybridized carbons (Fsp3) is 0.250. The second-order valence-electron chi connectivity index (χ2n) is 2.29. The van der Waals surface area contributed by atoms with Gasteiger partial charge in [0, 0.05) is 13.1 Å². The summed E-state index contributed by atoms with van der Waals surface area (Å²) in [4.78, 5) is 14.6. The van der Waals surface area contributed by atoms with E-state index < -0.39 is 0 Å². The lowest BCUT2D eigenvalue weighted by Gasteiger charge is -1.93. The second kappa shape index (κ2) is 3.71. The lowest BCUT2D eigenvalue weighted by atomic mass is 10.4. The number of hydrogen-bond acceptors (Lipinski definition) is 3. The van der Waals surface area contributed by atoms with Crippen LogP contribution in [0.4, 0.5) is 0 Å². The van der Waals surface area contributed by atoms with Crippen molar-refractivity contribution in [1.29, 1.82) is 0 Å². The zero-order valence-electron chi connectivity index (χ0n) is 7.02. The number of rotatable bonds is 2. The first-order chi connectivity index (χ1) is 5.74. The van der Waals surface area contributed by atoms with Crippen LogP contribution in [0.2, 0.25) is 0 Å². The predicted molar refractivity (Wildman–Crippen MR) is 44.3 cm³/mol. The van der Waals surface area contributed by atoms with Gasteiger partial charge in [0.25, 0.3) is 0 Å². The van der Waals surface area contributed by atoms with Crippen molar-refractivity contribution in [3.63, 3.8) is 0 Å². The minimum atomic E-state index is -0.365. The number of aryl methyl sites for hydroxylation is 1. The van der Waals surface area contributed by atoms with Crippen LogP contribution in [0, 0.1) is 0 Å². The summed E-state index contributed by atoms with van der Waals surface area (Å²) in [6.07, 6.45) is 6.34. The number of carbonyl (C=O) groups is 1. The van der Waals surface area contributed by atoms with Crippen molar-refractivity contribution in [2.45, 2.75) is 0 Å². The van der Waals surface area contributed by atoms with Gasteiger partial charge in [-0.05, 0) is 6.08 Å². The van der Waals surface area contributed by atoms with Crippen molar-refractivity contribution in [3.05, 3.63) is 24.3 Å². The van der Waals surface area contributed by atoms with Gasteiger partial charge in [0.15, 0.2) is 0 Å². The van der Waals surface area contributed by atoms with Gasteiger partial charge in [0.05, 0.1) is 25.3 Å². The van der Waals surface area contributed by atoms with Gasteiger partial charge in [-0.1, -0.05) is 0 Å². The molecule has 64 valence electrons. The van der Waals surface area contributed by atoms with Crippen molar-refractivity contribution in [2.24, 2.45) is 7.05 Å². The second-order valence-corrected chi connectivity index (χ2v) is 2.29. The molecule has 0 fully saturated rings. The standard InChI is InChI=1S/C8H10N2O2/c1-10-6-9-5-7(10)3-4-8(11)12-2/h3-6H,1-2H3. The number of aromatic nitrogens is 2. The molecule has 0 aliphatic rings. The molecule has 0 spiro atoms. The summed E-state index contributed by atoms with van der Waals surface area (Å²) in [6.45, 7) is 0. The first-order valence-electron chi connectivity index (χ1n) is 3.46. The van der Waals surface area contributed by atoms with E-state index >= 15 is 0 Å². The van der Waals surface area contributed by atoms with Crippen molar-refractivity contribution < 1.29 is 9.53 Å². The Morgan fingerprint density at radius 3 is 3.00 bits per heavy atom. The van der Waals surface area contributed by atoms with Gasteiger partial charge in [0.1, 0.15) is 0 Å². The molecule has 0 amide bonds. The number of nitrogens with zero attached hydrogens (tertiary/aromatic N) is 2. The molecule has 0 aromatic carbocycles. The zero-order chi connectivity index (χ0) is 8.97. The molecule has 1 heterocycles. The fourth-order valence-electron chi connectivity index (χ4n) is 0.749. The Labute approximate surface area is 70.5 Å². The summed E-state index contributed by atoms with van der Waals surface area (Å²) in [5, 5.41) is 0. The molecule has 4 heteroatoms. The van der Waals surface area contributed by atoms with Gasteiger partial charge in [0.2, 0.25) is 0 Å². The molecule has 1 aromatic heterocycles. The van der Waals surface area contributed by atoms with E-state index in [1.54, 1.807) is 23.2 Å². The van der Waals surface area contributed by atoms with E-state index in [4.69, 9.17) is 0 Å². The molecule has 4 nitrogen and oxygen atoms in total. The Bertz CT molecular complexity index is 302. The van der Waals surface area contributed by atoms with E-state index in [1.165, 1.54) is 13.2 Å². The molecule has 0 saturated heterocycles. The highest BCUT2D eigenvalue weighted by Gasteiger charge is 1.94. The number of esters is 1. The molecule has 0 atom stereocenters. The van der Waals surface area contributed by atoms with E-state index in [-0.39, 0.29) is 5.97 Å². The predicted octanol–water partition coefficient (Wildman–Crippen LogP) is 0.606. The summed E-state index contributed by atoms with van der Waals surface area (Å²) in [5.74, 6) is -0.365. The molecule has 0 aliphatic heterocycles. The van der Waals surface area contributed by atoms with Crippen molar-refractivity contribution >= 4 is 12.0 Å². The highest BCUT2D eigenvalue weighted by Crippen LogP contribution is 1.98. The van der Waals surface area contributed by atoms with Gasteiger partial charge >= 0.3 is 5.97 Å². The van der Waals surface area contributed by atoms with Gasteiger partial charge < -0.3 is 9.30 Å². The first-order valence-corrected chi connectivity index (χ1v) is 3.46. The van der Waals surface area contributed by atoms with Crippen LogP contribution in [0.5, 0.6) is 0 Å². The minimum Gasteiger partial charge on any atom is -0.466 e. The van der Waals surface area contributed by atoms with Crippen molar-refractivity contribution in [2.75, 3.05) is 7.11 Å². The average Bonchev–Trinajstić information content (AvgIpc) is 2.47. The van der Waals surface area contributed by atoms with E-state index in [1.807, 2.05) is 7.05 Å². The maximum atomic E-state index is 10.7. The lowest BCUT2D eigenvalue weighted by molar-refractivity contribution is -0.134. The summed E-state index contributed by atoms with van der Waals surface area (Å²) < 4.78 is 6.24. The third-order valence-corrected chi connectivity index (χ3v) is 1.45. The molecule has 0 bridgehead atoms. The molecule has 0 saturated carbocycles. The Balaban J connectivity index is 2.69. The van der Waals surface area contributed by atoms with Crippen LogP contribution < -0.4 is 0 Å². The Hall–Kier alpha value is -1.58. The van der Waals surface area contributed by atoms with Crippen LogP contribution in [-0.2, 0) is 16.6 Å². The Kier molecular flexibility index (Phi) is 2.63. The fourth-order valence-corrected chi connectivity index (χ4v) is 0.749. The summed E-state index contributed by atoms with van der Waals surface area (Å²) in [6, 6.07) is 0. The summed E-state index contributed by atoms with van der Waals surface area (Å²) >= 11 is 0. The van der Waals surface area contributed by atoms with Crippen LogP contribution in [-0.4, -0.2) is 22.6 Å². The molecule has 0 N–H and O–H groups in total. The average molecular weight is 166 g/mol. The third-order valence-electron chi connectivity index (χ3n) is 1.45. The minimum absolute atomic E-state index is 0.365. The van der Waals surface area contributed by atoms with Crippen LogP contribution in [0.25, 0.3) is 6.08 Å². The van der Waals surface area contributed by atoms with E-state index in [0.717, 1.165) is 5.69 Å². The lowest BCUT2D eigenvalue weighted by Crippen LogP contribution is -1.94. The molecular weight excluding hydrogens is 156 g/mol. The number of methoxy groups -OCH3 is 1. The van der Waals surface area contributed by atoms with Crippen molar-refractivity contribution in [3.8, 4) is 0 Å². The highest BCUT2D eigenvalue weighted by atomic mass is 16.5. The maximum Gasteiger partial charge on any atom is 0.330 e. The summed E-state index contributed by atoms with van der Waals surface area (Å²) in [7, 11) is 3.19. The van der Waals surface area contributed by atoms with E-state index in [0.29, 0.717) is 0 Å². The van der Waals surface area contributed by atoms with Crippen LogP contribution >= 0.6 is 0 Å². The maximum absolute atomic E-state index is 10.7. The molecule has 0 aliphatic carbocycles. The van der Waals surface area contributed by atoms with Crippen LogP contribution in [0.1, 0.15) is 5.69 Å². The van der Waals surface area contributed by atoms with Gasteiger partial charge in [-0.3, -0.25) is 0 Å². The number of imidazole rings is 1. The quantitative estimate of drug-likeness (QED) is 0.477. The summed E-state index contributed by atoms with van der Waals surface area (Å²) in [5.41, 5.74) is 0.861. The Morgan fingerprint density at radius 2 is 2.50 bits per heavy atom.